The normalized spacial score (nSPS) is 19.6. The van der Waals surface area contributed by atoms with Gasteiger partial charge in [0.15, 0.2) is 0 Å². The van der Waals surface area contributed by atoms with E-state index in [9.17, 15) is 9.90 Å². The van der Waals surface area contributed by atoms with Crippen molar-refractivity contribution in [2.45, 2.75) is 25.8 Å². The van der Waals surface area contributed by atoms with Crippen LogP contribution in [0.3, 0.4) is 0 Å². The molecule has 7 heteroatoms. The molecule has 1 fully saturated rings. The number of amides is 1. The van der Waals surface area contributed by atoms with Crippen molar-refractivity contribution in [2.75, 3.05) is 26.4 Å². The quantitative estimate of drug-likeness (QED) is 0.851. The van der Waals surface area contributed by atoms with Crippen molar-refractivity contribution < 1.29 is 14.6 Å². The van der Waals surface area contributed by atoms with Crippen molar-refractivity contribution in [3.63, 3.8) is 0 Å². The molecule has 0 aliphatic carbocycles. The van der Waals surface area contributed by atoms with Gasteiger partial charge in [-0.1, -0.05) is 11.6 Å². The molecule has 1 aliphatic rings. The third kappa shape index (κ3) is 3.50. The van der Waals surface area contributed by atoms with Crippen molar-refractivity contribution in [3.8, 4) is 0 Å². The Kier molecular flexibility index (Phi) is 5.01. The summed E-state index contributed by atoms with van der Waals surface area (Å²) in [6.45, 7) is 3.51. The highest BCUT2D eigenvalue weighted by Gasteiger charge is 2.32. The number of aliphatic hydroxyl groups excluding tert-OH is 1. The Hall–Kier alpha value is -1.11. The molecule has 1 aromatic heterocycles. The molecule has 6 nitrogen and oxygen atoms in total. The Balaban J connectivity index is 1.90. The third-order valence-electron chi connectivity index (χ3n) is 3.87. The molecule has 1 aliphatic heterocycles. The number of nitrogens with zero attached hydrogens (tertiary/aromatic N) is 2. The van der Waals surface area contributed by atoms with Gasteiger partial charge >= 0.3 is 0 Å². The first-order valence-corrected chi connectivity index (χ1v) is 7.10. The SMILES string of the molecule is C[C@@H](C(=O)NCC1(CO)CCOCC1)n1cc(Cl)cn1. The van der Waals surface area contributed by atoms with Gasteiger partial charge in [0.1, 0.15) is 6.04 Å². The van der Waals surface area contributed by atoms with Crippen LogP contribution in [0.4, 0.5) is 0 Å². The van der Waals surface area contributed by atoms with Crippen LogP contribution in [0.25, 0.3) is 0 Å². The first-order valence-electron chi connectivity index (χ1n) is 6.72. The molecule has 1 amide bonds. The Bertz CT molecular complexity index is 457. The first-order chi connectivity index (χ1) is 9.56. The first kappa shape index (κ1) is 15.3. The number of nitrogens with one attached hydrogen (secondary N) is 1. The number of carbonyl (C=O) groups is 1. The summed E-state index contributed by atoms with van der Waals surface area (Å²) in [7, 11) is 0. The van der Waals surface area contributed by atoms with Gasteiger partial charge in [0.05, 0.1) is 17.8 Å². The molecule has 0 unspecified atom stereocenters. The van der Waals surface area contributed by atoms with Crippen molar-refractivity contribution in [2.24, 2.45) is 5.41 Å². The molecule has 2 heterocycles. The van der Waals surface area contributed by atoms with Crippen LogP contribution in [-0.2, 0) is 9.53 Å². The highest BCUT2D eigenvalue weighted by Crippen LogP contribution is 2.29. The van der Waals surface area contributed by atoms with Crippen LogP contribution in [0, 0.1) is 5.41 Å². The third-order valence-corrected chi connectivity index (χ3v) is 4.07. The predicted molar refractivity (Wildman–Crippen MR) is 74.5 cm³/mol. The lowest BCUT2D eigenvalue weighted by molar-refractivity contribution is -0.125. The molecule has 2 N–H and O–H groups in total. The van der Waals surface area contributed by atoms with Gasteiger partial charge in [-0.2, -0.15) is 5.10 Å². The van der Waals surface area contributed by atoms with Crippen LogP contribution in [-0.4, -0.2) is 47.2 Å². The molecule has 1 aromatic rings. The Labute approximate surface area is 123 Å². The maximum absolute atomic E-state index is 12.1. The average Bonchev–Trinajstić information content (AvgIpc) is 2.91. The van der Waals surface area contributed by atoms with E-state index < -0.39 is 6.04 Å². The van der Waals surface area contributed by atoms with Crippen LogP contribution in [0.15, 0.2) is 12.4 Å². The Morgan fingerprint density at radius 2 is 2.35 bits per heavy atom. The van der Waals surface area contributed by atoms with Gasteiger partial charge in [-0.15, -0.1) is 0 Å². The van der Waals surface area contributed by atoms with E-state index in [2.05, 4.69) is 10.4 Å². The molecule has 2 rings (SSSR count). The van der Waals surface area contributed by atoms with E-state index in [0.29, 0.717) is 24.8 Å². The fourth-order valence-corrected chi connectivity index (χ4v) is 2.41. The van der Waals surface area contributed by atoms with E-state index in [1.54, 1.807) is 13.1 Å². The van der Waals surface area contributed by atoms with Gasteiger partial charge in [0.25, 0.3) is 0 Å². The monoisotopic (exact) mass is 301 g/mol. The molecule has 1 saturated heterocycles. The van der Waals surface area contributed by atoms with Crippen LogP contribution < -0.4 is 5.32 Å². The minimum Gasteiger partial charge on any atom is -0.396 e. The second kappa shape index (κ2) is 6.56. The second-order valence-electron chi connectivity index (χ2n) is 5.30. The van der Waals surface area contributed by atoms with Crippen molar-refractivity contribution in [1.29, 1.82) is 0 Å². The summed E-state index contributed by atoms with van der Waals surface area (Å²) >= 11 is 5.79. The molecule has 1 atom stereocenters. The van der Waals surface area contributed by atoms with Crippen molar-refractivity contribution >= 4 is 17.5 Å². The highest BCUT2D eigenvalue weighted by atomic mass is 35.5. The van der Waals surface area contributed by atoms with Crippen LogP contribution in [0.5, 0.6) is 0 Å². The topological polar surface area (TPSA) is 76.4 Å². The summed E-state index contributed by atoms with van der Waals surface area (Å²) < 4.78 is 6.82. The lowest BCUT2D eigenvalue weighted by Crippen LogP contribution is -2.45. The largest absolute Gasteiger partial charge is 0.396 e. The standard InChI is InChI=1S/C13H20ClN3O3/c1-10(17-7-11(14)6-16-17)12(19)15-8-13(9-18)2-4-20-5-3-13/h6-7,10,18H,2-5,8-9H2,1H3,(H,15,19)/t10-/m0/s1. The zero-order valence-corrected chi connectivity index (χ0v) is 12.3. The van der Waals surface area contributed by atoms with E-state index in [4.69, 9.17) is 16.3 Å². The molecule has 0 aromatic carbocycles. The molecular formula is C13H20ClN3O3. The van der Waals surface area contributed by atoms with E-state index in [1.807, 2.05) is 0 Å². The van der Waals surface area contributed by atoms with E-state index >= 15 is 0 Å². The smallest absolute Gasteiger partial charge is 0.244 e. The number of ether oxygens (including phenoxy) is 1. The van der Waals surface area contributed by atoms with Gasteiger partial charge < -0.3 is 15.2 Å². The zero-order chi connectivity index (χ0) is 14.6. The maximum Gasteiger partial charge on any atom is 0.244 e. The average molecular weight is 302 g/mol. The number of halogens is 1. The predicted octanol–water partition coefficient (Wildman–Crippen LogP) is 1.00. The van der Waals surface area contributed by atoms with Gasteiger partial charge in [-0.05, 0) is 19.8 Å². The molecule has 0 saturated carbocycles. The minimum atomic E-state index is -0.432. The van der Waals surface area contributed by atoms with E-state index in [0.717, 1.165) is 12.8 Å². The molecule has 20 heavy (non-hydrogen) atoms. The molecule has 0 spiro atoms. The minimum absolute atomic E-state index is 0.0542. The maximum atomic E-state index is 12.1. The number of rotatable bonds is 5. The number of hydrogen-bond donors (Lipinski definition) is 2. The number of hydrogen-bond acceptors (Lipinski definition) is 4. The van der Waals surface area contributed by atoms with Gasteiger partial charge in [-0.25, -0.2) is 0 Å². The van der Waals surface area contributed by atoms with Crippen molar-refractivity contribution in [3.05, 3.63) is 17.4 Å². The lowest BCUT2D eigenvalue weighted by Gasteiger charge is -2.35. The summed E-state index contributed by atoms with van der Waals surface area (Å²) in [6.07, 6.45) is 4.62. The lowest BCUT2D eigenvalue weighted by atomic mass is 9.81. The summed E-state index contributed by atoms with van der Waals surface area (Å²) in [4.78, 5) is 12.1. The van der Waals surface area contributed by atoms with Crippen LogP contribution in [0.2, 0.25) is 5.02 Å². The molecule has 0 bridgehead atoms. The highest BCUT2D eigenvalue weighted by molar-refractivity contribution is 6.30. The summed E-state index contributed by atoms with van der Waals surface area (Å²) in [5.41, 5.74) is -0.268. The van der Waals surface area contributed by atoms with E-state index in [-0.39, 0.29) is 17.9 Å². The zero-order valence-electron chi connectivity index (χ0n) is 11.5. The van der Waals surface area contributed by atoms with Crippen LogP contribution >= 0.6 is 11.6 Å². The van der Waals surface area contributed by atoms with Crippen molar-refractivity contribution in [1.82, 2.24) is 15.1 Å². The molecule has 0 radical (unpaired) electrons. The fourth-order valence-electron chi connectivity index (χ4n) is 2.26. The molecular weight excluding hydrogens is 282 g/mol. The second-order valence-corrected chi connectivity index (χ2v) is 5.74. The summed E-state index contributed by atoms with van der Waals surface area (Å²) in [6, 6.07) is -0.432. The van der Waals surface area contributed by atoms with E-state index in [1.165, 1.54) is 10.9 Å². The van der Waals surface area contributed by atoms with Gasteiger partial charge in [0.2, 0.25) is 5.91 Å². The fraction of sp³-hybridized carbons (Fsp3) is 0.692. The number of aromatic nitrogens is 2. The number of carbonyl (C=O) groups excluding carboxylic acids is 1. The van der Waals surface area contributed by atoms with Crippen LogP contribution in [0.1, 0.15) is 25.8 Å². The van der Waals surface area contributed by atoms with Gasteiger partial charge in [-0.3, -0.25) is 9.48 Å². The summed E-state index contributed by atoms with van der Waals surface area (Å²) in [5.74, 6) is -0.135. The summed E-state index contributed by atoms with van der Waals surface area (Å²) in [5, 5.41) is 17.0. The Morgan fingerprint density at radius 1 is 1.65 bits per heavy atom. The Morgan fingerprint density at radius 3 is 2.90 bits per heavy atom. The number of aliphatic hydroxyl groups is 1. The molecule has 112 valence electrons. The van der Waals surface area contributed by atoms with Gasteiger partial charge in [0, 0.05) is 31.4 Å².